The van der Waals surface area contributed by atoms with Crippen molar-refractivity contribution in [2.24, 2.45) is 0 Å². The molecule has 0 atom stereocenters. The average molecular weight is 315 g/mol. The van der Waals surface area contributed by atoms with Gasteiger partial charge in [0.15, 0.2) is 0 Å². The van der Waals surface area contributed by atoms with Crippen LogP contribution in [0, 0.1) is 11.6 Å². The lowest BCUT2D eigenvalue weighted by molar-refractivity contribution is 0.562. The predicted molar refractivity (Wildman–Crippen MR) is 73.9 cm³/mol. The van der Waals surface area contributed by atoms with Gasteiger partial charge in [-0.1, -0.05) is 6.07 Å². The molecule has 0 saturated heterocycles. The van der Waals surface area contributed by atoms with Crippen LogP contribution in [0.15, 0.2) is 35.4 Å². The van der Waals surface area contributed by atoms with Crippen molar-refractivity contribution in [2.45, 2.75) is 18.0 Å². The second kappa shape index (κ2) is 6.33. The number of H-pyrrole nitrogens is 1. The molecule has 5 nitrogen and oxygen atoms in total. The smallest absolute Gasteiger partial charge is 0.242 e. The highest BCUT2D eigenvalue weighted by Gasteiger charge is 2.16. The number of aromatic nitrogens is 1. The highest BCUT2D eigenvalue weighted by Crippen LogP contribution is 2.13. The zero-order valence-corrected chi connectivity index (χ0v) is 12.1. The van der Waals surface area contributed by atoms with Gasteiger partial charge in [0.2, 0.25) is 10.0 Å². The minimum atomic E-state index is -3.75. The van der Waals surface area contributed by atoms with E-state index in [0.717, 1.165) is 6.07 Å². The molecular weight excluding hydrogens is 300 g/mol. The Morgan fingerprint density at radius 2 is 1.95 bits per heavy atom. The number of aromatic amines is 1. The lowest BCUT2D eigenvalue weighted by atomic mass is 10.2. The fraction of sp³-hybridized carbons (Fsp3) is 0.231. The molecule has 21 heavy (non-hydrogen) atoms. The summed E-state index contributed by atoms with van der Waals surface area (Å²) in [6.45, 7) is 0.253. The Morgan fingerprint density at radius 1 is 1.19 bits per heavy atom. The van der Waals surface area contributed by atoms with Crippen molar-refractivity contribution in [3.8, 4) is 0 Å². The normalized spacial score (nSPS) is 11.8. The zero-order chi connectivity index (χ0) is 15.5. The average Bonchev–Trinajstić information content (AvgIpc) is 2.88. The van der Waals surface area contributed by atoms with Crippen LogP contribution < -0.4 is 10.0 Å². The molecule has 0 radical (unpaired) electrons. The van der Waals surface area contributed by atoms with E-state index in [4.69, 9.17) is 0 Å². The maximum atomic E-state index is 13.4. The maximum absolute atomic E-state index is 13.4. The van der Waals surface area contributed by atoms with Gasteiger partial charge in [-0.15, -0.1) is 0 Å². The summed E-state index contributed by atoms with van der Waals surface area (Å²) in [5, 5.41) is 2.89. The number of hydrogen-bond donors (Lipinski definition) is 3. The molecule has 2 rings (SSSR count). The molecule has 0 unspecified atom stereocenters. The molecule has 0 aliphatic carbocycles. The molecule has 1 heterocycles. The van der Waals surface area contributed by atoms with E-state index in [1.54, 1.807) is 7.05 Å². The number of benzene rings is 1. The summed E-state index contributed by atoms with van der Waals surface area (Å²) in [6, 6.07) is 4.48. The van der Waals surface area contributed by atoms with Crippen molar-refractivity contribution in [3.63, 3.8) is 0 Å². The SMILES string of the molecule is CNCc1cc(S(=O)(=O)NCc2ccc(F)cc2F)c[nH]1. The highest BCUT2D eigenvalue weighted by molar-refractivity contribution is 7.89. The Kier molecular flexibility index (Phi) is 4.71. The van der Waals surface area contributed by atoms with E-state index in [9.17, 15) is 17.2 Å². The van der Waals surface area contributed by atoms with E-state index >= 15 is 0 Å². The third-order valence-electron chi connectivity index (χ3n) is 2.86. The number of halogens is 2. The highest BCUT2D eigenvalue weighted by atomic mass is 32.2. The van der Waals surface area contributed by atoms with Crippen molar-refractivity contribution in [1.29, 1.82) is 0 Å². The summed E-state index contributed by atoms with van der Waals surface area (Å²) < 4.78 is 52.6. The molecule has 1 aromatic carbocycles. The lowest BCUT2D eigenvalue weighted by Gasteiger charge is -2.06. The maximum Gasteiger partial charge on any atom is 0.242 e. The van der Waals surface area contributed by atoms with Gasteiger partial charge in [0.25, 0.3) is 0 Å². The van der Waals surface area contributed by atoms with Crippen LogP contribution in [0.2, 0.25) is 0 Å². The summed E-state index contributed by atoms with van der Waals surface area (Å²) in [7, 11) is -2.01. The first-order chi connectivity index (χ1) is 9.92. The summed E-state index contributed by atoms with van der Waals surface area (Å²) in [4.78, 5) is 2.89. The molecule has 0 aliphatic heterocycles. The van der Waals surface area contributed by atoms with Crippen molar-refractivity contribution in [1.82, 2.24) is 15.0 Å². The topological polar surface area (TPSA) is 74.0 Å². The summed E-state index contributed by atoms with van der Waals surface area (Å²) >= 11 is 0. The van der Waals surface area contributed by atoms with Gasteiger partial charge in [-0.25, -0.2) is 21.9 Å². The van der Waals surface area contributed by atoms with Gasteiger partial charge in [-0.05, 0) is 19.2 Å². The van der Waals surface area contributed by atoms with E-state index in [2.05, 4.69) is 15.0 Å². The van der Waals surface area contributed by atoms with Crippen LogP contribution in [0.3, 0.4) is 0 Å². The van der Waals surface area contributed by atoms with Crippen molar-refractivity contribution in [2.75, 3.05) is 7.05 Å². The van der Waals surface area contributed by atoms with E-state index in [0.29, 0.717) is 18.3 Å². The molecule has 0 saturated carbocycles. The molecule has 0 spiro atoms. The second-order valence-electron chi connectivity index (χ2n) is 4.45. The monoisotopic (exact) mass is 315 g/mol. The lowest BCUT2D eigenvalue weighted by Crippen LogP contribution is -2.23. The number of nitrogens with one attached hydrogen (secondary N) is 3. The first kappa shape index (κ1) is 15.6. The quantitative estimate of drug-likeness (QED) is 0.756. The Hall–Kier alpha value is -1.77. The van der Waals surface area contributed by atoms with Gasteiger partial charge in [0.05, 0.1) is 4.90 Å². The van der Waals surface area contributed by atoms with E-state index in [-0.39, 0.29) is 17.0 Å². The molecule has 0 fully saturated rings. The predicted octanol–water partition coefficient (Wildman–Crippen LogP) is 1.49. The van der Waals surface area contributed by atoms with Crippen LogP contribution in [0.4, 0.5) is 8.78 Å². The van der Waals surface area contributed by atoms with E-state index in [1.165, 1.54) is 18.3 Å². The molecule has 2 aromatic rings. The zero-order valence-electron chi connectivity index (χ0n) is 11.3. The van der Waals surface area contributed by atoms with Crippen LogP contribution >= 0.6 is 0 Å². The van der Waals surface area contributed by atoms with E-state index in [1.807, 2.05) is 0 Å². The van der Waals surface area contributed by atoms with Crippen molar-refractivity contribution < 1.29 is 17.2 Å². The third kappa shape index (κ3) is 3.87. The Balaban J connectivity index is 2.10. The first-order valence-corrected chi connectivity index (χ1v) is 7.66. The minimum Gasteiger partial charge on any atom is -0.363 e. The molecule has 3 N–H and O–H groups in total. The fourth-order valence-electron chi connectivity index (χ4n) is 1.79. The summed E-state index contributed by atoms with van der Waals surface area (Å²) in [6.07, 6.45) is 1.36. The fourth-order valence-corrected chi connectivity index (χ4v) is 2.81. The Labute approximate surface area is 121 Å². The number of hydrogen-bond acceptors (Lipinski definition) is 3. The van der Waals surface area contributed by atoms with Crippen molar-refractivity contribution >= 4 is 10.0 Å². The van der Waals surface area contributed by atoms with Gasteiger partial charge in [0.1, 0.15) is 11.6 Å². The molecule has 8 heteroatoms. The van der Waals surface area contributed by atoms with Gasteiger partial charge in [-0.3, -0.25) is 0 Å². The second-order valence-corrected chi connectivity index (χ2v) is 6.22. The van der Waals surface area contributed by atoms with Gasteiger partial charge >= 0.3 is 0 Å². The Morgan fingerprint density at radius 3 is 2.62 bits per heavy atom. The van der Waals surface area contributed by atoms with Gasteiger partial charge in [-0.2, -0.15) is 0 Å². The Bertz CT molecular complexity index is 729. The number of sulfonamides is 1. The van der Waals surface area contributed by atoms with Gasteiger partial charge < -0.3 is 10.3 Å². The summed E-state index contributed by atoms with van der Waals surface area (Å²) in [5.74, 6) is -1.50. The molecule has 0 bridgehead atoms. The van der Waals surface area contributed by atoms with Crippen LogP contribution in [0.5, 0.6) is 0 Å². The molecule has 0 aliphatic rings. The van der Waals surface area contributed by atoms with E-state index < -0.39 is 21.7 Å². The van der Waals surface area contributed by atoms with Crippen molar-refractivity contribution in [3.05, 3.63) is 53.4 Å². The molecule has 0 amide bonds. The first-order valence-electron chi connectivity index (χ1n) is 6.18. The molecule has 1 aromatic heterocycles. The third-order valence-corrected chi connectivity index (χ3v) is 4.24. The van der Waals surface area contributed by atoms with Gasteiger partial charge in [0, 0.05) is 36.6 Å². The standard InChI is InChI=1S/C13H15F2N3O2S/c1-16-7-11-5-12(8-17-11)21(19,20)18-6-9-2-3-10(14)4-13(9)15/h2-5,8,16-18H,6-7H2,1H3. The number of rotatable bonds is 6. The van der Waals surface area contributed by atoms with Crippen LogP contribution in [0.1, 0.15) is 11.3 Å². The van der Waals surface area contributed by atoms with Crippen LogP contribution in [-0.4, -0.2) is 20.4 Å². The molecular formula is C13H15F2N3O2S. The minimum absolute atomic E-state index is 0.0651. The molecule has 114 valence electrons. The van der Waals surface area contributed by atoms with Crippen LogP contribution in [-0.2, 0) is 23.1 Å². The van der Waals surface area contributed by atoms with Crippen LogP contribution in [0.25, 0.3) is 0 Å². The summed E-state index contributed by atoms with van der Waals surface area (Å²) in [5.41, 5.74) is 0.789. The largest absolute Gasteiger partial charge is 0.363 e.